The Kier molecular flexibility index (Phi) is 5.53. The Balaban J connectivity index is 2.81. The maximum atomic E-state index is 10.1. The second-order valence-electron chi connectivity index (χ2n) is 4.33. The smallest absolute Gasteiger partial charge is 0.108 e. The van der Waals surface area contributed by atoms with Crippen LogP contribution in [0.5, 0.6) is 0 Å². The van der Waals surface area contributed by atoms with Crippen LogP contribution < -0.4 is 0 Å². The highest BCUT2D eigenvalue weighted by molar-refractivity contribution is 4.96. The fraction of sp³-hybridized carbons (Fsp3) is 0.769. The molecule has 1 aromatic rings. The molecule has 1 rings (SSSR count). The Morgan fingerprint density at radius 1 is 1.31 bits per heavy atom. The summed E-state index contributed by atoms with van der Waals surface area (Å²) in [6.07, 6.45) is 8.51. The highest BCUT2D eigenvalue weighted by atomic mass is 16.3. The van der Waals surface area contributed by atoms with Gasteiger partial charge >= 0.3 is 0 Å². The lowest BCUT2D eigenvalue weighted by Gasteiger charge is -2.24. The molecule has 1 heterocycles. The van der Waals surface area contributed by atoms with Gasteiger partial charge in [0.25, 0.3) is 0 Å². The van der Waals surface area contributed by atoms with Crippen molar-refractivity contribution in [3.05, 3.63) is 18.2 Å². The third-order valence-corrected chi connectivity index (χ3v) is 3.03. The summed E-state index contributed by atoms with van der Waals surface area (Å²) < 4.78 is 2.16. The maximum absolute atomic E-state index is 10.1. The van der Waals surface area contributed by atoms with E-state index in [1.165, 1.54) is 0 Å². The standard InChI is InChI=1S/C13H24N2O/c1-4-7-12(16)11(6-3)15-10-9-14-13(15)8-5-2/h9-12,16H,4-8H2,1-3H3. The molecule has 0 radical (unpaired) electrons. The summed E-state index contributed by atoms with van der Waals surface area (Å²) in [5.74, 6) is 1.10. The van der Waals surface area contributed by atoms with E-state index in [-0.39, 0.29) is 12.1 Å². The normalized spacial score (nSPS) is 15.0. The van der Waals surface area contributed by atoms with E-state index in [4.69, 9.17) is 0 Å². The van der Waals surface area contributed by atoms with Gasteiger partial charge in [0.1, 0.15) is 5.82 Å². The predicted molar refractivity (Wildman–Crippen MR) is 66.5 cm³/mol. The lowest BCUT2D eigenvalue weighted by molar-refractivity contribution is 0.0988. The number of nitrogens with zero attached hydrogens (tertiary/aromatic N) is 2. The third kappa shape index (κ3) is 3.08. The second-order valence-corrected chi connectivity index (χ2v) is 4.33. The number of aliphatic hydroxyl groups is 1. The molecular weight excluding hydrogens is 200 g/mol. The monoisotopic (exact) mass is 224 g/mol. The van der Waals surface area contributed by atoms with Crippen LogP contribution in [0.15, 0.2) is 12.4 Å². The van der Waals surface area contributed by atoms with Gasteiger partial charge in [0, 0.05) is 18.8 Å². The third-order valence-electron chi connectivity index (χ3n) is 3.03. The van der Waals surface area contributed by atoms with Crippen molar-refractivity contribution < 1.29 is 5.11 Å². The second kappa shape index (κ2) is 6.69. The minimum absolute atomic E-state index is 0.184. The minimum Gasteiger partial charge on any atom is -0.391 e. The Labute approximate surface area is 98.5 Å². The van der Waals surface area contributed by atoms with Crippen molar-refractivity contribution in [3.63, 3.8) is 0 Å². The topological polar surface area (TPSA) is 38.0 Å². The highest BCUT2D eigenvalue weighted by Crippen LogP contribution is 2.21. The van der Waals surface area contributed by atoms with Crippen LogP contribution in [0.25, 0.3) is 0 Å². The molecular formula is C13H24N2O. The molecule has 0 amide bonds. The summed E-state index contributed by atoms with van der Waals surface area (Å²) in [7, 11) is 0. The quantitative estimate of drug-likeness (QED) is 0.773. The number of aromatic nitrogens is 2. The lowest BCUT2D eigenvalue weighted by Crippen LogP contribution is -2.24. The van der Waals surface area contributed by atoms with Crippen LogP contribution in [0, 0.1) is 0 Å². The Bertz CT molecular complexity index is 296. The average Bonchev–Trinajstić information content (AvgIpc) is 2.69. The van der Waals surface area contributed by atoms with Crippen molar-refractivity contribution in [2.45, 2.75) is 65.0 Å². The molecule has 3 nitrogen and oxygen atoms in total. The van der Waals surface area contributed by atoms with Crippen molar-refractivity contribution in [1.29, 1.82) is 0 Å². The van der Waals surface area contributed by atoms with Gasteiger partial charge in [-0.3, -0.25) is 0 Å². The van der Waals surface area contributed by atoms with Gasteiger partial charge in [-0.1, -0.05) is 27.2 Å². The van der Waals surface area contributed by atoms with Crippen molar-refractivity contribution >= 4 is 0 Å². The molecule has 0 aliphatic rings. The molecule has 16 heavy (non-hydrogen) atoms. The predicted octanol–water partition coefficient (Wildman–Crippen LogP) is 2.95. The van der Waals surface area contributed by atoms with Crippen molar-refractivity contribution in [1.82, 2.24) is 9.55 Å². The molecule has 2 atom stereocenters. The summed E-state index contributed by atoms with van der Waals surface area (Å²) in [6, 6.07) is 0.184. The number of aryl methyl sites for hydroxylation is 1. The highest BCUT2D eigenvalue weighted by Gasteiger charge is 2.20. The Morgan fingerprint density at radius 2 is 2.06 bits per heavy atom. The summed E-state index contributed by atoms with van der Waals surface area (Å²) in [5.41, 5.74) is 0. The zero-order valence-corrected chi connectivity index (χ0v) is 10.7. The minimum atomic E-state index is -0.250. The molecule has 0 aliphatic carbocycles. The molecule has 0 saturated heterocycles. The first-order chi connectivity index (χ1) is 7.74. The molecule has 3 heteroatoms. The van der Waals surface area contributed by atoms with Crippen molar-refractivity contribution in [3.8, 4) is 0 Å². The zero-order chi connectivity index (χ0) is 12.0. The van der Waals surface area contributed by atoms with Gasteiger partial charge in [-0.05, 0) is 19.3 Å². The zero-order valence-electron chi connectivity index (χ0n) is 10.7. The molecule has 1 N–H and O–H groups in total. The number of hydrogen-bond acceptors (Lipinski definition) is 2. The van der Waals surface area contributed by atoms with Gasteiger partial charge in [-0.25, -0.2) is 4.98 Å². The SMILES string of the molecule is CCCc1nccn1C(CC)C(O)CCC. The van der Waals surface area contributed by atoms with Crippen LogP contribution >= 0.6 is 0 Å². The number of aliphatic hydroxyl groups excluding tert-OH is 1. The van der Waals surface area contributed by atoms with E-state index in [1.54, 1.807) is 0 Å². The van der Waals surface area contributed by atoms with Crippen LogP contribution in [0.1, 0.15) is 58.3 Å². The lowest BCUT2D eigenvalue weighted by atomic mass is 10.0. The average molecular weight is 224 g/mol. The maximum Gasteiger partial charge on any atom is 0.108 e. The molecule has 2 unspecified atom stereocenters. The largest absolute Gasteiger partial charge is 0.391 e. The molecule has 0 spiro atoms. The van der Waals surface area contributed by atoms with E-state index < -0.39 is 0 Å². The summed E-state index contributed by atoms with van der Waals surface area (Å²) >= 11 is 0. The first-order valence-corrected chi connectivity index (χ1v) is 6.44. The van der Waals surface area contributed by atoms with Crippen LogP contribution in [-0.2, 0) is 6.42 Å². The van der Waals surface area contributed by atoms with Gasteiger partial charge in [0.05, 0.1) is 12.1 Å². The first-order valence-electron chi connectivity index (χ1n) is 6.44. The molecule has 0 aliphatic heterocycles. The number of rotatable bonds is 7. The van der Waals surface area contributed by atoms with E-state index in [0.29, 0.717) is 0 Å². The van der Waals surface area contributed by atoms with Crippen molar-refractivity contribution in [2.24, 2.45) is 0 Å². The van der Waals surface area contributed by atoms with E-state index in [0.717, 1.165) is 37.9 Å². The molecule has 1 aromatic heterocycles. The number of hydrogen-bond donors (Lipinski definition) is 1. The fourth-order valence-electron chi connectivity index (χ4n) is 2.21. The van der Waals surface area contributed by atoms with E-state index >= 15 is 0 Å². The van der Waals surface area contributed by atoms with E-state index in [9.17, 15) is 5.11 Å². The van der Waals surface area contributed by atoms with Crippen LogP contribution in [0.2, 0.25) is 0 Å². The molecule has 0 fully saturated rings. The molecule has 0 bridgehead atoms. The van der Waals surface area contributed by atoms with Gasteiger partial charge in [0.15, 0.2) is 0 Å². The van der Waals surface area contributed by atoms with Crippen LogP contribution in [-0.4, -0.2) is 20.8 Å². The fourth-order valence-corrected chi connectivity index (χ4v) is 2.21. The van der Waals surface area contributed by atoms with Crippen LogP contribution in [0.4, 0.5) is 0 Å². The molecule has 0 saturated carbocycles. The Morgan fingerprint density at radius 3 is 2.62 bits per heavy atom. The Hall–Kier alpha value is -0.830. The van der Waals surface area contributed by atoms with Crippen molar-refractivity contribution in [2.75, 3.05) is 0 Å². The van der Waals surface area contributed by atoms with Gasteiger partial charge in [-0.15, -0.1) is 0 Å². The molecule has 92 valence electrons. The summed E-state index contributed by atoms with van der Waals surface area (Å²) in [4.78, 5) is 4.37. The van der Waals surface area contributed by atoms with Gasteiger partial charge in [0.2, 0.25) is 0 Å². The van der Waals surface area contributed by atoms with Gasteiger partial charge in [-0.2, -0.15) is 0 Å². The van der Waals surface area contributed by atoms with Gasteiger partial charge < -0.3 is 9.67 Å². The first kappa shape index (κ1) is 13.2. The van der Waals surface area contributed by atoms with E-state index in [1.807, 2.05) is 12.4 Å². The molecule has 0 aromatic carbocycles. The van der Waals surface area contributed by atoms with E-state index in [2.05, 4.69) is 30.3 Å². The summed E-state index contributed by atoms with van der Waals surface area (Å²) in [6.45, 7) is 6.39. The number of imidazole rings is 1. The van der Waals surface area contributed by atoms with Crippen LogP contribution in [0.3, 0.4) is 0 Å². The summed E-state index contributed by atoms with van der Waals surface area (Å²) in [5, 5.41) is 10.1.